The average Bonchev–Trinajstić information content (AvgIpc) is 3.54. The summed E-state index contributed by atoms with van der Waals surface area (Å²) in [6.45, 7) is 5.35. The molecule has 42 heavy (non-hydrogen) atoms. The van der Waals surface area contributed by atoms with E-state index in [0.29, 0.717) is 13.7 Å². The Hall–Kier alpha value is -1.77. The van der Waals surface area contributed by atoms with Crippen molar-refractivity contribution in [1.29, 1.82) is 0 Å². The van der Waals surface area contributed by atoms with Gasteiger partial charge < -0.3 is 10.1 Å². The standard InChI is InChI=1S/C8H16BN2O5P.C8H14BO7P.C4H8O.C2H7N/c1-10(2)7(12)5-15-17(9-14)16-6-8(13)11(3)4;1-3-13-7(10)5-15-17(9-12)16-6-8(11)14-4-2;1-2-4-5-3-1;1-3-2/h5-6H2,1-4H3;3-6H2,1-2H3;1-4H2;3H,1-2H3. The summed E-state index contributed by atoms with van der Waals surface area (Å²) in [5.74, 6) is -1.74. The number of ether oxygens (including phenoxy) is 3. The number of nitrogens with one attached hydrogen (secondary N) is 1. The fraction of sp³-hybridized carbons (Fsp3) is 0.818. The summed E-state index contributed by atoms with van der Waals surface area (Å²) < 4.78 is 54.8. The molecule has 1 saturated heterocycles. The van der Waals surface area contributed by atoms with Crippen molar-refractivity contribution in [1.82, 2.24) is 15.1 Å². The van der Waals surface area contributed by atoms with Crippen molar-refractivity contribution >= 4 is 54.0 Å². The summed E-state index contributed by atoms with van der Waals surface area (Å²) in [7, 11) is 6.27. The van der Waals surface area contributed by atoms with Gasteiger partial charge in [-0.05, 0) is 26.9 Å². The second-order valence-electron chi connectivity index (χ2n) is 7.88. The molecule has 0 atom stereocenters. The van der Waals surface area contributed by atoms with Crippen LogP contribution in [-0.4, -0.2) is 142 Å². The second-order valence-corrected chi connectivity index (χ2v) is 10.5. The van der Waals surface area contributed by atoms with Crippen molar-refractivity contribution in [2.45, 2.75) is 26.7 Å². The number of hydrogen-bond acceptors (Lipinski definition) is 14. The monoisotopic (exact) mass is 643 g/mol. The van der Waals surface area contributed by atoms with Gasteiger partial charge in [0.1, 0.15) is 0 Å². The molecule has 1 fully saturated rings. The van der Waals surface area contributed by atoms with Crippen LogP contribution in [0, 0.1) is 0 Å². The van der Waals surface area contributed by atoms with Crippen LogP contribution in [0.2, 0.25) is 0 Å². The SMILES string of the molecule is C1CCOC1.CCOC(=O)COP(B=O)OCC(=O)OCC.CN(C)C(=O)COP(B=O)OCC(=O)N(C)C.CNC. The van der Waals surface area contributed by atoms with E-state index < -0.39 is 28.4 Å². The fourth-order valence-corrected chi connectivity index (χ4v) is 3.17. The molecule has 242 valence electrons. The zero-order chi connectivity index (χ0) is 32.8. The Morgan fingerprint density at radius 2 is 1.00 bits per heavy atom. The van der Waals surface area contributed by atoms with E-state index in [1.165, 1.54) is 22.6 Å². The van der Waals surface area contributed by atoms with Gasteiger partial charge in [0.05, 0.1) is 0 Å². The van der Waals surface area contributed by atoms with Crippen LogP contribution in [0.4, 0.5) is 0 Å². The van der Waals surface area contributed by atoms with Gasteiger partial charge in [-0.3, -0.25) is 0 Å². The molecule has 1 aliphatic rings. The van der Waals surface area contributed by atoms with E-state index in [1.807, 2.05) is 14.1 Å². The molecule has 0 spiro atoms. The molecular formula is C22H45B2N3O13P2. The van der Waals surface area contributed by atoms with Gasteiger partial charge in [0.15, 0.2) is 0 Å². The first-order valence-electron chi connectivity index (χ1n) is 12.8. The molecule has 20 heteroatoms. The molecule has 1 N–H and O–H groups in total. The number of esters is 2. The fourth-order valence-electron chi connectivity index (χ4n) is 1.84. The van der Waals surface area contributed by atoms with Crippen LogP contribution in [0.3, 0.4) is 0 Å². The average molecular weight is 643 g/mol. The van der Waals surface area contributed by atoms with Crippen molar-refractivity contribution in [2.24, 2.45) is 0 Å². The smallest absolute Gasteiger partial charge is 0.0167 e. The third kappa shape index (κ3) is 31.2. The molecule has 0 aromatic carbocycles. The van der Waals surface area contributed by atoms with Crippen LogP contribution in [0.1, 0.15) is 26.7 Å². The molecule has 0 saturated carbocycles. The molecular weight excluding hydrogens is 598 g/mol. The van der Waals surface area contributed by atoms with Crippen molar-refractivity contribution in [3.05, 3.63) is 0 Å². The van der Waals surface area contributed by atoms with Gasteiger partial charge in [-0.1, -0.05) is 0 Å². The summed E-state index contributed by atoms with van der Waals surface area (Å²) >= 11 is 0. The zero-order valence-corrected chi connectivity index (χ0v) is 27.6. The summed E-state index contributed by atoms with van der Waals surface area (Å²) in [6.07, 6.45) is 2.56. The quantitative estimate of drug-likeness (QED) is 0.139. The van der Waals surface area contributed by atoms with Crippen LogP contribution in [0.25, 0.3) is 0 Å². The van der Waals surface area contributed by atoms with Crippen molar-refractivity contribution in [3.63, 3.8) is 0 Å². The van der Waals surface area contributed by atoms with Gasteiger partial charge in [-0.15, -0.1) is 0 Å². The number of carbonyl (C=O) groups excluding carboxylic acids is 4. The molecule has 0 aliphatic carbocycles. The van der Waals surface area contributed by atoms with Crippen molar-refractivity contribution in [3.8, 4) is 0 Å². The zero-order valence-electron chi connectivity index (χ0n) is 25.8. The number of likely N-dealkylation sites (N-methyl/N-ethyl adjacent to an activating group) is 2. The van der Waals surface area contributed by atoms with Gasteiger partial charge >= 0.3 is 202 Å². The Bertz CT molecular complexity index is 699. The van der Waals surface area contributed by atoms with E-state index in [4.69, 9.17) is 22.8 Å². The number of carbonyl (C=O) groups is 4. The van der Waals surface area contributed by atoms with Crippen LogP contribution >= 0.6 is 16.5 Å². The third-order valence-electron chi connectivity index (χ3n) is 3.86. The van der Waals surface area contributed by atoms with E-state index in [-0.39, 0.29) is 51.5 Å². The molecule has 1 aliphatic heterocycles. The molecule has 16 nitrogen and oxygen atoms in total. The molecule has 0 unspecified atom stereocenters. The molecule has 1 rings (SSSR count). The first kappa shape index (κ1) is 44.7. The number of hydrogen-bond donors (Lipinski definition) is 1. The number of nitrogens with zero attached hydrogens (tertiary/aromatic N) is 2. The predicted molar refractivity (Wildman–Crippen MR) is 156 cm³/mol. The largest absolute Gasteiger partial charge is 0.323 e. The molecule has 2 amide bonds. The molecule has 1 heterocycles. The van der Waals surface area contributed by atoms with E-state index in [9.17, 15) is 28.6 Å². The van der Waals surface area contributed by atoms with E-state index in [0.717, 1.165) is 13.2 Å². The Kier molecular flexibility index (Phi) is 34.2. The van der Waals surface area contributed by atoms with Gasteiger partial charge in [0, 0.05) is 13.2 Å². The van der Waals surface area contributed by atoms with Crippen LogP contribution in [-0.2, 0) is 60.9 Å². The maximum Gasteiger partial charge on any atom is -0.0167 e. The molecule has 0 radical (unpaired) electrons. The minimum atomic E-state index is -1.93. The number of rotatable bonds is 16. The summed E-state index contributed by atoms with van der Waals surface area (Å²) in [5.41, 5.74) is 0. The molecule has 0 aromatic rings. The van der Waals surface area contributed by atoms with Gasteiger partial charge in [-0.2, -0.15) is 0 Å². The van der Waals surface area contributed by atoms with Crippen LogP contribution < -0.4 is 5.32 Å². The molecule has 0 aromatic heterocycles. The van der Waals surface area contributed by atoms with E-state index in [2.05, 4.69) is 14.8 Å². The Morgan fingerprint density at radius 1 is 0.690 bits per heavy atom. The van der Waals surface area contributed by atoms with Gasteiger partial charge in [0.25, 0.3) is 0 Å². The summed E-state index contributed by atoms with van der Waals surface area (Å²) in [6, 6.07) is 0. The third-order valence-corrected chi connectivity index (χ3v) is 5.74. The summed E-state index contributed by atoms with van der Waals surface area (Å²) in [4.78, 5) is 46.8. The predicted octanol–water partition coefficient (Wildman–Crippen LogP) is 0.527. The minimum absolute atomic E-state index is 0.227. The van der Waals surface area contributed by atoms with Crippen LogP contribution in [0.5, 0.6) is 0 Å². The first-order valence-corrected chi connectivity index (χ1v) is 15.3. The topological polar surface area (TPSA) is 186 Å². The van der Waals surface area contributed by atoms with Crippen LogP contribution in [0.15, 0.2) is 0 Å². The van der Waals surface area contributed by atoms with E-state index in [1.54, 1.807) is 42.0 Å². The Balaban J connectivity index is -0.000000572. The first-order chi connectivity index (χ1) is 19.9. The second kappa shape index (κ2) is 32.2. The maximum atomic E-state index is 11.2. The molecule has 0 bridgehead atoms. The minimum Gasteiger partial charge on any atom is -0.323 e. The van der Waals surface area contributed by atoms with Crippen molar-refractivity contribution in [2.75, 3.05) is 95.1 Å². The van der Waals surface area contributed by atoms with Gasteiger partial charge in [0.2, 0.25) is 0 Å². The Morgan fingerprint density at radius 3 is 1.21 bits per heavy atom. The van der Waals surface area contributed by atoms with E-state index >= 15 is 0 Å². The summed E-state index contributed by atoms with van der Waals surface area (Å²) in [5, 5.41) is 2.75. The Labute approximate surface area is 252 Å². The van der Waals surface area contributed by atoms with Crippen molar-refractivity contribution < 1.29 is 60.9 Å². The maximum absolute atomic E-state index is 11.2. The van der Waals surface area contributed by atoms with Gasteiger partial charge in [-0.25, -0.2) is 0 Å². The normalized spacial score (nSPS) is 11.3. The number of amides is 2.